The van der Waals surface area contributed by atoms with Crippen LogP contribution in [0.5, 0.6) is 0 Å². The standard InChI is InChI=1S/C12H11N5O2/c1-8-15-16-11(19-8)6-14-12(18)9-2-3-10-13-4-5-17(10)7-9/h2-5,7H,6H2,1H3,(H,14,18). The fraction of sp³-hybridized carbons (Fsp3) is 0.167. The Hall–Kier alpha value is -2.70. The van der Waals surface area contributed by atoms with E-state index in [-0.39, 0.29) is 12.5 Å². The number of carbonyl (C=O) groups is 1. The van der Waals surface area contributed by atoms with Gasteiger partial charge in [0, 0.05) is 25.5 Å². The molecule has 0 radical (unpaired) electrons. The number of nitrogens with one attached hydrogen (secondary N) is 1. The lowest BCUT2D eigenvalue weighted by Crippen LogP contribution is -2.23. The summed E-state index contributed by atoms with van der Waals surface area (Å²) < 4.78 is 6.96. The van der Waals surface area contributed by atoms with E-state index in [0.717, 1.165) is 5.65 Å². The molecule has 0 saturated carbocycles. The van der Waals surface area contributed by atoms with Gasteiger partial charge in [-0.15, -0.1) is 10.2 Å². The smallest absolute Gasteiger partial charge is 0.253 e. The van der Waals surface area contributed by atoms with E-state index in [9.17, 15) is 4.79 Å². The third kappa shape index (κ3) is 2.30. The van der Waals surface area contributed by atoms with Gasteiger partial charge in [0.2, 0.25) is 11.8 Å². The van der Waals surface area contributed by atoms with Crippen molar-refractivity contribution in [1.82, 2.24) is 24.9 Å². The molecule has 0 atom stereocenters. The summed E-state index contributed by atoms with van der Waals surface area (Å²) in [5.74, 6) is 0.657. The Bertz CT molecular complexity index is 730. The number of aryl methyl sites for hydroxylation is 1. The van der Waals surface area contributed by atoms with Gasteiger partial charge in [0.15, 0.2) is 0 Å². The SMILES string of the molecule is Cc1nnc(CNC(=O)c2ccc3nccn3c2)o1. The first-order chi connectivity index (χ1) is 9.22. The number of fused-ring (bicyclic) bond motifs is 1. The molecule has 0 aliphatic carbocycles. The molecule has 0 saturated heterocycles. The van der Waals surface area contributed by atoms with Crippen LogP contribution in [0, 0.1) is 6.92 Å². The van der Waals surface area contributed by atoms with Gasteiger partial charge in [0.05, 0.1) is 12.1 Å². The van der Waals surface area contributed by atoms with Gasteiger partial charge >= 0.3 is 0 Å². The van der Waals surface area contributed by atoms with Crippen LogP contribution in [0.4, 0.5) is 0 Å². The Morgan fingerprint density at radius 3 is 3.11 bits per heavy atom. The van der Waals surface area contributed by atoms with Crippen molar-refractivity contribution in [3.63, 3.8) is 0 Å². The molecule has 0 aliphatic rings. The van der Waals surface area contributed by atoms with Gasteiger partial charge in [0.1, 0.15) is 5.65 Å². The van der Waals surface area contributed by atoms with Gasteiger partial charge in [0.25, 0.3) is 5.91 Å². The molecule has 3 aromatic heterocycles. The number of hydrogen-bond donors (Lipinski definition) is 1. The summed E-state index contributed by atoms with van der Waals surface area (Å²) in [6.45, 7) is 1.91. The van der Waals surface area contributed by atoms with Crippen molar-refractivity contribution >= 4 is 11.6 Å². The second-order valence-electron chi connectivity index (χ2n) is 4.01. The molecule has 3 heterocycles. The molecule has 3 rings (SSSR count). The van der Waals surface area contributed by atoms with Crippen LogP contribution in [0.2, 0.25) is 0 Å². The van der Waals surface area contributed by atoms with E-state index in [0.29, 0.717) is 17.3 Å². The van der Waals surface area contributed by atoms with Crippen molar-refractivity contribution in [3.8, 4) is 0 Å². The number of rotatable bonds is 3. The highest BCUT2D eigenvalue weighted by molar-refractivity contribution is 5.94. The molecule has 0 bridgehead atoms. The predicted octanol–water partition coefficient (Wildman–Crippen LogP) is 0.956. The number of amides is 1. The Labute approximate surface area is 108 Å². The van der Waals surface area contributed by atoms with Crippen LogP contribution >= 0.6 is 0 Å². The number of pyridine rings is 1. The first kappa shape index (κ1) is 11.4. The highest BCUT2D eigenvalue weighted by Crippen LogP contribution is 2.05. The minimum atomic E-state index is -0.202. The van der Waals surface area contributed by atoms with Gasteiger partial charge in [-0.2, -0.15) is 0 Å². The van der Waals surface area contributed by atoms with Crippen LogP contribution in [0.15, 0.2) is 35.1 Å². The average Bonchev–Trinajstić information content (AvgIpc) is 3.03. The molecule has 1 amide bonds. The van der Waals surface area contributed by atoms with Gasteiger partial charge in [-0.25, -0.2) is 4.98 Å². The molecular weight excluding hydrogens is 246 g/mol. The van der Waals surface area contributed by atoms with E-state index in [1.807, 2.05) is 0 Å². The maximum absolute atomic E-state index is 12.0. The van der Waals surface area contributed by atoms with Crippen molar-refractivity contribution in [1.29, 1.82) is 0 Å². The molecule has 7 heteroatoms. The number of aromatic nitrogens is 4. The summed E-state index contributed by atoms with van der Waals surface area (Å²) in [5.41, 5.74) is 1.34. The highest BCUT2D eigenvalue weighted by Gasteiger charge is 2.09. The van der Waals surface area contributed by atoms with Crippen molar-refractivity contribution in [2.24, 2.45) is 0 Å². The van der Waals surface area contributed by atoms with E-state index in [4.69, 9.17) is 4.42 Å². The normalized spacial score (nSPS) is 10.8. The summed E-state index contributed by atoms with van der Waals surface area (Å²) in [6.07, 6.45) is 5.18. The Morgan fingerprint density at radius 1 is 1.42 bits per heavy atom. The number of hydrogen-bond acceptors (Lipinski definition) is 5. The van der Waals surface area contributed by atoms with Crippen molar-refractivity contribution in [2.75, 3.05) is 0 Å². The Morgan fingerprint density at radius 2 is 2.32 bits per heavy atom. The minimum absolute atomic E-state index is 0.202. The van der Waals surface area contributed by atoms with Crippen LogP contribution in [-0.4, -0.2) is 25.5 Å². The molecule has 0 aliphatic heterocycles. The fourth-order valence-corrected chi connectivity index (χ4v) is 1.72. The van der Waals surface area contributed by atoms with E-state index in [2.05, 4.69) is 20.5 Å². The molecular formula is C12H11N5O2. The maximum Gasteiger partial charge on any atom is 0.253 e. The quantitative estimate of drug-likeness (QED) is 0.755. The average molecular weight is 257 g/mol. The number of carbonyl (C=O) groups excluding carboxylic acids is 1. The summed E-state index contributed by atoms with van der Waals surface area (Å²) in [7, 11) is 0. The van der Waals surface area contributed by atoms with Gasteiger partial charge in [-0.05, 0) is 12.1 Å². The minimum Gasteiger partial charge on any atom is -0.424 e. The summed E-state index contributed by atoms with van der Waals surface area (Å²) in [5, 5.41) is 10.2. The zero-order valence-electron chi connectivity index (χ0n) is 10.2. The van der Waals surface area contributed by atoms with Gasteiger partial charge in [-0.3, -0.25) is 4.79 Å². The Balaban J connectivity index is 1.72. The molecule has 1 N–H and O–H groups in total. The van der Waals surface area contributed by atoms with Gasteiger partial charge < -0.3 is 14.1 Å². The lowest BCUT2D eigenvalue weighted by molar-refractivity contribution is 0.0946. The monoisotopic (exact) mass is 257 g/mol. The zero-order chi connectivity index (χ0) is 13.2. The molecule has 0 aromatic carbocycles. The highest BCUT2D eigenvalue weighted by atomic mass is 16.4. The fourth-order valence-electron chi connectivity index (χ4n) is 1.72. The topological polar surface area (TPSA) is 85.3 Å². The van der Waals surface area contributed by atoms with Crippen molar-refractivity contribution in [2.45, 2.75) is 13.5 Å². The summed E-state index contributed by atoms with van der Waals surface area (Å²) in [4.78, 5) is 16.1. The van der Waals surface area contributed by atoms with Gasteiger partial charge in [-0.1, -0.05) is 0 Å². The largest absolute Gasteiger partial charge is 0.424 e. The predicted molar refractivity (Wildman–Crippen MR) is 65.4 cm³/mol. The second-order valence-corrected chi connectivity index (χ2v) is 4.01. The molecule has 19 heavy (non-hydrogen) atoms. The van der Waals surface area contributed by atoms with Crippen LogP contribution in [0.3, 0.4) is 0 Å². The Kier molecular flexibility index (Phi) is 2.71. The van der Waals surface area contributed by atoms with Crippen LogP contribution in [0.1, 0.15) is 22.1 Å². The van der Waals surface area contributed by atoms with E-state index in [1.54, 1.807) is 42.0 Å². The first-order valence-corrected chi connectivity index (χ1v) is 5.72. The van der Waals surface area contributed by atoms with Crippen LogP contribution in [-0.2, 0) is 6.54 Å². The lowest BCUT2D eigenvalue weighted by Gasteiger charge is -2.03. The van der Waals surface area contributed by atoms with Crippen molar-refractivity contribution in [3.05, 3.63) is 48.1 Å². The van der Waals surface area contributed by atoms with E-state index in [1.165, 1.54) is 0 Å². The lowest BCUT2D eigenvalue weighted by atomic mass is 10.2. The van der Waals surface area contributed by atoms with E-state index >= 15 is 0 Å². The second kappa shape index (κ2) is 4.52. The number of imidazole rings is 1. The summed E-state index contributed by atoms with van der Waals surface area (Å²) >= 11 is 0. The molecule has 3 aromatic rings. The zero-order valence-corrected chi connectivity index (χ0v) is 10.2. The van der Waals surface area contributed by atoms with Crippen LogP contribution in [0.25, 0.3) is 5.65 Å². The summed E-state index contributed by atoms with van der Waals surface area (Å²) in [6, 6.07) is 3.50. The van der Waals surface area contributed by atoms with E-state index < -0.39 is 0 Å². The molecule has 0 spiro atoms. The first-order valence-electron chi connectivity index (χ1n) is 5.72. The molecule has 0 fully saturated rings. The third-order valence-electron chi connectivity index (χ3n) is 2.62. The molecule has 96 valence electrons. The maximum atomic E-state index is 12.0. The molecule has 7 nitrogen and oxygen atoms in total. The number of nitrogens with zero attached hydrogens (tertiary/aromatic N) is 4. The third-order valence-corrected chi connectivity index (χ3v) is 2.62. The molecule has 0 unspecified atom stereocenters. The van der Waals surface area contributed by atoms with Crippen molar-refractivity contribution < 1.29 is 9.21 Å². The van der Waals surface area contributed by atoms with Crippen LogP contribution < -0.4 is 5.32 Å².